The van der Waals surface area contributed by atoms with E-state index in [0.717, 1.165) is 10.2 Å². The van der Waals surface area contributed by atoms with Gasteiger partial charge in [0, 0.05) is 16.8 Å². The van der Waals surface area contributed by atoms with E-state index in [1.54, 1.807) is 30.3 Å². The highest BCUT2D eigenvalue weighted by Crippen LogP contribution is 2.28. The molecule has 3 N–H and O–H groups in total. The van der Waals surface area contributed by atoms with E-state index >= 15 is 0 Å². The fraction of sp³-hybridized carbons (Fsp3) is 0. The number of phenolic OH excluding ortho intramolecular Hbond substituents is 1. The number of aromatic hydroxyl groups is 1. The molecule has 3 aromatic rings. The number of nitrogens with one attached hydrogen (secondary N) is 2. The van der Waals surface area contributed by atoms with E-state index in [0.29, 0.717) is 15.8 Å². The molecule has 0 bridgehead atoms. The Labute approximate surface area is 129 Å². The highest BCUT2D eigenvalue weighted by molar-refractivity contribution is 7.22. The van der Waals surface area contributed by atoms with Crippen molar-refractivity contribution in [3.63, 3.8) is 0 Å². The first-order chi connectivity index (χ1) is 10.1. The van der Waals surface area contributed by atoms with Crippen molar-refractivity contribution in [2.75, 3.05) is 10.6 Å². The monoisotopic (exact) mass is 319 g/mol. The van der Waals surface area contributed by atoms with Crippen molar-refractivity contribution in [2.24, 2.45) is 0 Å². The number of rotatable bonds is 2. The first-order valence-corrected chi connectivity index (χ1v) is 7.23. The standard InChI is InChI=1S/C14H10ClN3O2S/c15-8-4-5-11-12(6-8)21-14(17-11)18-13(20)16-9-2-1-3-10(19)7-9/h1-7,19H,(H2,16,17,18,20). The van der Waals surface area contributed by atoms with E-state index in [2.05, 4.69) is 15.6 Å². The van der Waals surface area contributed by atoms with Crippen molar-refractivity contribution in [3.05, 3.63) is 47.5 Å². The zero-order valence-electron chi connectivity index (χ0n) is 10.6. The molecule has 3 rings (SSSR count). The molecule has 5 nitrogen and oxygen atoms in total. The topological polar surface area (TPSA) is 74.2 Å². The van der Waals surface area contributed by atoms with Crippen molar-refractivity contribution in [1.29, 1.82) is 0 Å². The molecule has 0 spiro atoms. The minimum absolute atomic E-state index is 0.0856. The Kier molecular flexibility index (Phi) is 3.64. The van der Waals surface area contributed by atoms with Crippen LogP contribution in [0.25, 0.3) is 10.2 Å². The van der Waals surface area contributed by atoms with E-state index in [-0.39, 0.29) is 5.75 Å². The van der Waals surface area contributed by atoms with Crippen LogP contribution < -0.4 is 10.6 Å². The van der Waals surface area contributed by atoms with Gasteiger partial charge < -0.3 is 10.4 Å². The molecule has 21 heavy (non-hydrogen) atoms. The molecule has 0 aliphatic carbocycles. The number of hydrogen-bond acceptors (Lipinski definition) is 4. The molecule has 0 aliphatic heterocycles. The molecule has 0 saturated heterocycles. The third-order valence-corrected chi connectivity index (χ3v) is 3.84. The van der Waals surface area contributed by atoms with Crippen LogP contribution in [0.3, 0.4) is 0 Å². The number of amides is 2. The molecule has 2 aromatic carbocycles. The summed E-state index contributed by atoms with van der Waals surface area (Å²) in [6.07, 6.45) is 0. The molecule has 0 fully saturated rings. The summed E-state index contributed by atoms with van der Waals surface area (Å²) in [5, 5.41) is 15.7. The summed E-state index contributed by atoms with van der Waals surface area (Å²) in [6.45, 7) is 0. The van der Waals surface area contributed by atoms with E-state index in [1.165, 1.54) is 23.5 Å². The van der Waals surface area contributed by atoms with Crippen LogP contribution in [0.4, 0.5) is 15.6 Å². The molecule has 1 aromatic heterocycles. The summed E-state index contributed by atoms with van der Waals surface area (Å²) in [5.41, 5.74) is 1.27. The Morgan fingerprint density at radius 3 is 2.86 bits per heavy atom. The van der Waals surface area contributed by atoms with Gasteiger partial charge in [-0.2, -0.15) is 0 Å². The van der Waals surface area contributed by atoms with Gasteiger partial charge in [0.2, 0.25) is 0 Å². The molecule has 2 amide bonds. The summed E-state index contributed by atoms with van der Waals surface area (Å²) in [4.78, 5) is 16.2. The van der Waals surface area contributed by atoms with Crippen molar-refractivity contribution in [3.8, 4) is 5.75 Å². The number of urea groups is 1. The largest absolute Gasteiger partial charge is 0.508 e. The predicted molar refractivity (Wildman–Crippen MR) is 85.4 cm³/mol. The second-order valence-corrected chi connectivity index (χ2v) is 5.73. The maximum atomic E-state index is 11.9. The number of anilines is 2. The number of hydrogen-bond donors (Lipinski definition) is 3. The second kappa shape index (κ2) is 5.59. The summed E-state index contributed by atoms with van der Waals surface area (Å²) >= 11 is 7.25. The summed E-state index contributed by atoms with van der Waals surface area (Å²) in [6, 6.07) is 11.2. The van der Waals surface area contributed by atoms with Crippen LogP contribution in [0.1, 0.15) is 0 Å². The van der Waals surface area contributed by atoms with Crippen molar-refractivity contribution in [2.45, 2.75) is 0 Å². The van der Waals surface area contributed by atoms with Crippen LogP contribution in [-0.4, -0.2) is 16.1 Å². The average Bonchev–Trinajstić information content (AvgIpc) is 2.79. The lowest BCUT2D eigenvalue weighted by molar-refractivity contribution is 0.262. The Morgan fingerprint density at radius 2 is 2.05 bits per heavy atom. The minimum Gasteiger partial charge on any atom is -0.508 e. The minimum atomic E-state index is -0.425. The van der Waals surface area contributed by atoms with Crippen LogP contribution >= 0.6 is 22.9 Å². The Bertz CT molecular complexity index is 819. The van der Waals surface area contributed by atoms with Gasteiger partial charge >= 0.3 is 6.03 Å². The van der Waals surface area contributed by atoms with E-state index in [1.807, 2.05) is 0 Å². The van der Waals surface area contributed by atoms with E-state index in [4.69, 9.17) is 11.6 Å². The second-order valence-electron chi connectivity index (χ2n) is 4.26. The summed E-state index contributed by atoms with van der Waals surface area (Å²) in [5.74, 6) is 0.0856. The molecule has 0 radical (unpaired) electrons. The van der Waals surface area contributed by atoms with Crippen LogP contribution in [0.15, 0.2) is 42.5 Å². The number of phenols is 1. The lowest BCUT2D eigenvalue weighted by Crippen LogP contribution is -2.19. The maximum absolute atomic E-state index is 11.9. The molecular formula is C14H10ClN3O2S. The van der Waals surface area contributed by atoms with Crippen LogP contribution in [0.5, 0.6) is 5.75 Å². The molecule has 106 valence electrons. The number of thiazole rings is 1. The van der Waals surface area contributed by atoms with Gasteiger partial charge in [0.25, 0.3) is 0 Å². The van der Waals surface area contributed by atoms with Gasteiger partial charge in [-0.15, -0.1) is 0 Å². The highest BCUT2D eigenvalue weighted by atomic mass is 35.5. The Morgan fingerprint density at radius 1 is 1.19 bits per heavy atom. The van der Waals surface area contributed by atoms with Crippen LogP contribution in [0.2, 0.25) is 5.02 Å². The Balaban J connectivity index is 1.74. The fourth-order valence-electron chi connectivity index (χ4n) is 1.80. The number of carbonyl (C=O) groups excluding carboxylic acids is 1. The number of halogens is 1. The van der Waals surface area contributed by atoms with Gasteiger partial charge in [-0.3, -0.25) is 5.32 Å². The zero-order chi connectivity index (χ0) is 14.8. The van der Waals surface area contributed by atoms with Crippen molar-refractivity contribution in [1.82, 2.24) is 4.98 Å². The Hall–Kier alpha value is -2.31. The quantitative estimate of drug-likeness (QED) is 0.659. The van der Waals surface area contributed by atoms with Crippen LogP contribution in [0, 0.1) is 0 Å². The molecule has 0 atom stereocenters. The first kappa shape index (κ1) is 13.7. The normalized spacial score (nSPS) is 10.5. The first-order valence-electron chi connectivity index (χ1n) is 6.03. The average molecular weight is 320 g/mol. The lowest BCUT2D eigenvalue weighted by atomic mass is 10.3. The number of nitrogens with zero attached hydrogens (tertiary/aromatic N) is 1. The van der Waals surface area contributed by atoms with E-state index < -0.39 is 6.03 Å². The van der Waals surface area contributed by atoms with Gasteiger partial charge in [0.1, 0.15) is 5.75 Å². The fourth-order valence-corrected chi connectivity index (χ4v) is 2.93. The van der Waals surface area contributed by atoms with Gasteiger partial charge in [-0.25, -0.2) is 9.78 Å². The lowest BCUT2D eigenvalue weighted by Gasteiger charge is -2.05. The van der Waals surface area contributed by atoms with Gasteiger partial charge in [-0.05, 0) is 30.3 Å². The summed E-state index contributed by atoms with van der Waals surface area (Å²) in [7, 11) is 0. The van der Waals surface area contributed by atoms with E-state index in [9.17, 15) is 9.90 Å². The molecule has 0 unspecified atom stereocenters. The predicted octanol–water partition coefficient (Wildman–Crippen LogP) is 4.30. The molecule has 7 heteroatoms. The number of fused-ring (bicyclic) bond motifs is 1. The van der Waals surface area contributed by atoms with Gasteiger partial charge in [0.15, 0.2) is 5.13 Å². The molecular weight excluding hydrogens is 310 g/mol. The van der Waals surface area contributed by atoms with Crippen molar-refractivity contribution < 1.29 is 9.90 Å². The summed E-state index contributed by atoms with van der Waals surface area (Å²) < 4.78 is 0.898. The highest BCUT2D eigenvalue weighted by Gasteiger charge is 2.08. The van der Waals surface area contributed by atoms with Crippen LogP contribution in [-0.2, 0) is 0 Å². The number of carbonyl (C=O) groups is 1. The molecule has 0 aliphatic rings. The maximum Gasteiger partial charge on any atom is 0.325 e. The third kappa shape index (κ3) is 3.24. The number of benzene rings is 2. The SMILES string of the molecule is O=C(Nc1cccc(O)c1)Nc1nc2ccc(Cl)cc2s1. The third-order valence-electron chi connectivity index (χ3n) is 2.67. The van der Waals surface area contributed by atoms with Crippen molar-refractivity contribution >= 4 is 50.0 Å². The van der Waals surface area contributed by atoms with Gasteiger partial charge in [-0.1, -0.05) is 29.0 Å². The zero-order valence-corrected chi connectivity index (χ0v) is 12.2. The van der Waals surface area contributed by atoms with Gasteiger partial charge in [0.05, 0.1) is 10.2 Å². The smallest absolute Gasteiger partial charge is 0.325 e. The molecule has 1 heterocycles. The molecule has 0 saturated carbocycles. The number of aromatic nitrogens is 1.